The average Bonchev–Trinajstić information content (AvgIpc) is 3.33. The second-order valence-electron chi connectivity index (χ2n) is 8.50. The summed E-state index contributed by atoms with van der Waals surface area (Å²) in [6, 6.07) is 10.2. The number of nitrogens with two attached hydrogens (primary N) is 1. The highest BCUT2D eigenvalue weighted by Gasteiger charge is 2.57. The van der Waals surface area contributed by atoms with E-state index in [4.69, 9.17) is 5.73 Å². The minimum absolute atomic E-state index is 0.0209. The molecule has 1 aliphatic heterocycles. The molecule has 3 amide bonds. The van der Waals surface area contributed by atoms with Gasteiger partial charge in [0.2, 0.25) is 5.91 Å². The van der Waals surface area contributed by atoms with Crippen LogP contribution in [0, 0.1) is 5.92 Å². The Morgan fingerprint density at radius 1 is 1.14 bits per heavy atom. The van der Waals surface area contributed by atoms with Gasteiger partial charge in [-0.1, -0.05) is 28.7 Å². The van der Waals surface area contributed by atoms with E-state index in [9.17, 15) is 23.2 Å². The van der Waals surface area contributed by atoms with Gasteiger partial charge >= 0.3 is 6.61 Å². The summed E-state index contributed by atoms with van der Waals surface area (Å²) in [4.78, 5) is 39.4. The normalized spacial score (nSPS) is 20.7. The Balaban J connectivity index is 1.37. The van der Waals surface area contributed by atoms with Crippen molar-refractivity contribution >= 4 is 34.3 Å². The molecule has 12 heteroatoms. The Hall–Kier alpha value is -4.09. The minimum atomic E-state index is -3.10. The number of anilines is 1. The molecule has 0 spiro atoms. The molecule has 0 unspecified atom stereocenters. The number of aromatic nitrogens is 2. The highest BCUT2D eigenvalue weighted by molar-refractivity contribution is 6.04. The van der Waals surface area contributed by atoms with E-state index in [-0.39, 0.29) is 47.2 Å². The molecule has 1 saturated heterocycles. The van der Waals surface area contributed by atoms with Crippen LogP contribution in [0.4, 0.5) is 18.9 Å². The first-order valence-electron chi connectivity index (χ1n) is 10.9. The van der Waals surface area contributed by atoms with Crippen molar-refractivity contribution < 1.29 is 32.4 Å². The van der Waals surface area contributed by atoms with E-state index in [2.05, 4.69) is 9.84 Å². The Labute approximate surface area is 196 Å². The number of rotatable bonds is 7. The number of benzene rings is 2. The number of piperidine rings is 1. The number of hydrogen-bond acceptors (Lipinski definition) is 5. The SMILES string of the molecule is NC(=O)c1nn(CC(=O)N2[C@@H]3C[C@@H]3C[C@H]2C(=O)N(F)c2cccc(OC(F)F)c2)c2ccccc12. The van der Waals surface area contributed by atoms with E-state index in [0.29, 0.717) is 17.3 Å². The number of hydrogen-bond donors (Lipinski definition) is 1. The lowest BCUT2D eigenvalue weighted by Gasteiger charge is -2.28. The summed E-state index contributed by atoms with van der Waals surface area (Å²) < 4.78 is 45.6. The van der Waals surface area contributed by atoms with E-state index in [1.807, 2.05) is 0 Å². The van der Waals surface area contributed by atoms with Gasteiger partial charge in [-0.2, -0.15) is 13.9 Å². The molecule has 1 saturated carbocycles. The van der Waals surface area contributed by atoms with Gasteiger partial charge in [-0.15, -0.1) is 5.12 Å². The lowest BCUT2D eigenvalue weighted by atomic mass is 10.1. The lowest BCUT2D eigenvalue weighted by molar-refractivity contribution is -0.140. The Bertz CT molecular complexity index is 1330. The molecule has 182 valence electrons. The molecule has 0 bridgehead atoms. The van der Waals surface area contributed by atoms with Crippen LogP contribution in [-0.2, 0) is 16.1 Å². The van der Waals surface area contributed by atoms with Gasteiger partial charge in [-0.3, -0.25) is 19.1 Å². The van der Waals surface area contributed by atoms with E-state index >= 15 is 4.48 Å². The second kappa shape index (κ2) is 8.60. The van der Waals surface area contributed by atoms with E-state index in [0.717, 1.165) is 6.07 Å². The van der Waals surface area contributed by atoms with Crippen LogP contribution in [0.25, 0.3) is 10.9 Å². The Morgan fingerprint density at radius 2 is 1.91 bits per heavy atom. The average molecular weight is 487 g/mol. The third-order valence-corrected chi connectivity index (χ3v) is 6.32. The molecule has 5 rings (SSSR count). The van der Waals surface area contributed by atoms with Crippen molar-refractivity contribution in [2.45, 2.75) is 38.1 Å². The molecule has 3 aromatic rings. The van der Waals surface area contributed by atoms with Crippen LogP contribution in [0.2, 0.25) is 0 Å². The number of carbonyl (C=O) groups excluding carboxylic acids is 3. The molecule has 35 heavy (non-hydrogen) atoms. The van der Waals surface area contributed by atoms with Gasteiger partial charge in [0, 0.05) is 17.5 Å². The molecule has 2 N–H and O–H groups in total. The van der Waals surface area contributed by atoms with Gasteiger partial charge in [-0.05, 0) is 37.0 Å². The number of ether oxygens (including phenoxy) is 1. The zero-order valence-electron chi connectivity index (χ0n) is 18.2. The largest absolute Gasteiger partial charge is 0.435 e. The first-order chi connectivity index (χ1) is 16.7. The molecule has 2 aromatic carbocycles. The quantitative estimate of drug-likeness (QED) is 0.515. The van der Waals surface area contributed by atoms with Crippen molar-refractivity contribution in [3.63, 3.8) is 0 Å². The van der Waals surface area contributed by atoms with Crippen LogP contribution in [0.15, 0.2) is 48.5 Å². The van der Waals surface area contributed by atoms with Crippen LogP contribution in [0.3, 0.4) is 0 Å². The summed E-state index contributed by atoms with van der Waals surface area (Å²) in [6.07, 6.45) is 0.987. The van der Waals surface area contributed by atoms with Gasteiger partial charge in [0.05, 0.1) is 11.2 Å². The highest BCUT2D eigenvalue weighted by Crippen LogP contribution is 2.48. The summed E-state index contributed by atoms with van der Waals surface area (Å²) >= 11 is 0. The number of primary amides is 1. The second-order valence-corrected chi connectivity index (χ2v) is 8.50. The molecule has 2 fully saturated rings. The monoisotopic (exact) mass is 487 g/mol. The predicted octanol–water partition coefficient (Wildman–Crippen LogP) is 2.64. The van der Waals surface area contributed by atoms with Crippen molar-refractivity contribution in [3.8, 4) is 5.75 Å². The number of amides is 3. The van der Waals surface area contributed by atoms with E-state index in [1.54, 1.807) is 24.3 Å². The molecule has 2 aliphatic rings. The molecular weight excluding hydrogens is 467 g/mol. The number of fused-ring (bicyclic) bond motifs is 2. The maximum atomic E-state index is 15.0. The van der Waals surface area contributed by atoms with Crippen molar-refractivity contribution in [1.29, 1.82) is 0 Å². The zero-order valence-corrected chi connectivity index (χ0v) is 18.2. The maximum Gasteiger partial charge on any atom is 0.387 e. The summed E-state index contributed by atoms with van der Waals surface area (Å²) in [5.41, 5.74) is 5.66. The smallest absolute Gasteiger partial charge is 0.387 e. The van der Waals surface area contributed by atoms with Gasteiger partial charge in [0.25, 0.3) is 11.8 Å². The van der Waals surface area contributed by atoms with Crippen LogP contribution in [-0.4, -0.2) is 51.1 Å². The number of likely N-dealkylation sites (tertiary alicyclic amines) is 1. The zero-order chi connectivity index (χ0) is 24.9. The fraction of sp³-hybridized carbons (Fsp3) is 0.304. The molecular formula is C23H20F3N5O4. The van der Waals surface area contributed by atoms with Crippen molar-refractivity contribution in [3.05, 3.63) is 54.2 Å². The standard InChI is InChI=1S/C23H20F3N5O4/c24-23(25)35-14-5-3-4-13(10-14)31(26)22(34)18-9-12-8-17(12)30(18)19(32)11-29-16-7-2-1-6-15(16)20(28-29)21(27)33/h1-7,10,12,17-18,23H,8-9,11H2,(H2,27,33)/t12-,17-,18+/m1/s1. The molecule has 9 nitrogen and oxygen atoms in total. The summed E-state index contributed by atoms with van der Waals surface area (Å²) in [5.74, 6) is -2.41. The Kier molecular flexibility index (Phi) is 5.58. The molecule has 1 aromatic heterocycles. The van der Waals surface area contributed by atoms with Gasteiger partial charge in [-0.25, -0.2) is 0 Å². The van der Waals surface area contributed by atoms with E-state index in [1.165, 1.54) is 27.8 Å². The molecule has 2 heterocycles. The number of alkyl halides is 2. The van der Waals surface area contributed by atoms with Crippen molar-refractivity contribution in [2.24, 2.45) is 11.7 Å². The third kappa shape index (κ3) is 4.15. The van der Waals surface area contributed by atoms with E-state index < -0.39 is 30.4 Å². The van der Waals surface area contributed by atoms with Crippen molar-refractivity contribution in [1.82, 2.24) is 14.7 Å². The summed E-state index contributed by atoms with van der Waals surface area (Å²) in [6.45, 7) is -3.37. The molecule has 0 radical (unpaired) electrons. The molecule has 3 atom stereocenters. The fourth-order valence-electron chi connectivity index (χ4n) is 4.72. The number of carbonyl (C=O) groups is 3. The third-order valence-electron chi connectivity index (χ3n) is 6.32. The fourth-order valence-corrected chi connectivity index (χ4v) is 4.72. The number of nitrogens with zero attached hydrogens (tertiary/aromatic N) is 4. The van der Waals surface area contributed by atoms with Crippen LogP contribution in [0.1, 0.15) is 23.3 Å². The van der Waals surface area contributed by atoms with Gasteiger partial charge < -0.3 is 15.4 Å². The Morgan fingerprint density at radius 3 is 2.66 bits per heavy atom. The highest BCUT2D eigenvalue weighted by atomic mass is 19.3. The van der Waals surface area contributed by atoms with Crippen LogP contribution in [0.5, 0.6) is 5.75 Å². The summed E-state index contributed by atoms with van der Waals surface area (Å²) in [7, 11) is 0. The van der Waals surface area contributed by atoms with Crippen LogP contribution >= 0.6 is 0 Å². The summed E-state index contributed by atoms with van der Waals surface area (Å²) in [5, 5.41) is 4.52. The molecule has 1 aliphatic carbocycles. The van der Waals surface area contributed by atoms with Crippen LogP contribution < -0.4 is 15.6 Å². The number of halogens is 3. The first-order valence-corrected chi connectivity index (χ1v) is 10.9. The topological polar surface area (TPSA) is 111 Å². The first kappa shape index (κ1) is 22.7. The van der Waals surface area contributed by atoms with Gasteiger partial charge in [0.1, 0.15) is 18.3 Å². The predicted molar refractivity (Wildman–Crippen MR) is 117 cm³/mol. The van der Waals surface area contributed by atoms with Crippen molar-refractivity contribution in [2.75, 3.05) is 5.12 Å². The maximum absolute atomic E-state index is 15.0. The number of para-hydroxylation sites is 1. The van der Waals surface area contributed by atoms with Gasteiger partial charge in [0.15, 0.2) is 5.69 Å². The lowest BCUT2D eigenvalue weighted by Crippen LogP contribution is -2.48. The minimum Gasteiger partial charge on any atom is -0.435 e.